The number of esters is 1. The van der Waals surface area contributed by atoms with E-state index in [-0.39, 0.29) is 5.97 Å². The summed E-state index contributed by atoms with van der Waals surface area (Å²) in [6, 6.07) is 1.89. The maximum absolute atomic E-state index is 11.3. The predicted octanol–water partition coefficient (Wildman–Crippen LogP) is 1.48. The number of carbonyl (C=O) groups excluding carboxylic acids is 1. The van der Waals surface area contributed by atoms with Crippen molar-refractivity contribution in [3.8, 4) is 17.2 Å². The SMILES string of the molecule is COc1cc2c(c3c1CCC(=O)O3)CCO2. The Hall–Kier alpha value is -1.71. The smallest absolute Gasteiger partial charge is 0.311 e. The van der Waals surface area contributed by atoms with Crippen LogP contribution in [0.4, 0.5) is 0 Å². The lowest BCUT2D eigenvalue weighted by Gasteiger charge is -2.20. The Balaban J connectivity index is 2.20. The van der Waals surface area contributed by atoms with Crippen LogP contribution in [-0.4, -0.2) is 19.7 Å². The van der Waals surface area contributed by atoms with Gasteiger partial charge < -0.3 is 14.2 Å². The number of methoxy groups -OCH3 is 1. The zero-order valence-electron chi connectivity index (χ0n) is 9.04. The first-order valence-electron chi connectivity index (χ1n) is 5.36. The Labute approximate surface area is 93.1 Å². The average molecular weight is 220 g/mol. The van der Waals surface area contributed by atoms with Gasteiger partial charge in [-0.1, -0.05) is 0 Å². The summed E-state index contributed by atoms with van der Waals surface area (Å²) in [5, 5.41) is 0. The molecule has 3 rings (SSSR count). The first kappa shape index (κ1) is 9.51. The van der Waals surface area contributed by atoms with Gasteiger partial charge in [0.1, 0.15) is 17.2 Å². The molecule has 0 saturated carbocycles. The summed E-state index contributed by atoms with van der Waals surface area (Å²) in [6.07, 6.45) is 1.91. The first-order valence-corrected chi connectivity index (χ1v) is 5.36. The number of benzene rings is 1. The molecule has 0 bridgehead atoms. The van der Waals surface area contributed by atoms with Crippen LogP contribution >= 0.6 is 0 Å². The fourth-order valence-electron chi connectivity index (χ4n) is 2.26. The molecule has 0 unspecified atom stereocenters. The Morgan fingerprint density at radius 2 is 2.12 bits per heavy atom. The van der Waals surface area contributed by atoms with E-state index < -0.39 is 0 Å². The molecule has 0 radical (unpaired) electrons. The molecule has 0 fully saturated rings. The normalized spacial score (nSPS) is 17.2. The lowest BCUT2D eigenvalue weighted by molar-refractivity contribution is -0.135. The third-order valence-corrected chi connectivity index (χ3v) is 3.03. The van der Waals surface area contributed by atoms with Crippen LogP contribution < -0.4 is 14.2 Å². The van der Waals surface area contributed by atoms with E-state index in [2.05, 4.69) is 0 Å². The van der Waals surface area contributed by atoms with Gasteiger partial charge in [-0.05, 0) is 6.42 Å². The number of carbonyl (C=O) groups is 1. The van der Waals surface area contributed by atoms with Gasteiger partial charge in [-0.25, -0.2) is 0 Å². The summed E-state index contributed by atoms with van der Waals surface area (Å²) < 4.78 is 16.1. The van der Waals surface area contributed by atoms with Crippen LogP contribution in [0.3, 0.4) is 0 Å². The van der Waals surface area contributed by atoms with Gasteiger partial charge in [-0.2, -0.15) is 0 Å². The lowest BCUT2D eigenvalue weighted by atomic mass is 9.99. The molecule has 0 amide bonds. The molecule has 2 aliphatic rings. The summed E-state index contributed by atoms with van der Waals surface area (Å²) in [5.41, 5.74) is 2.00. The second-order valence-corrected chi connectivity index (χ2v) is 3.94. The molecule has 0 aromatic heterocycles. The highest BCUT2D eigenvalue weighted by molar-refractivity contribution is 5.78. The van der Waals surface area contributed by atoms with Gasteiger partial charge in [0.25, 0.3) is 0 Å². The van der Waals surface area contributed by atoms with Crippen molar-refractivity contribution in [2.75, 3.05) is 13.7 Å². The summed E-state index contributed by atoms with van der Waals surface area (Å²) in [7, 11) is 1.62. The molecule has 1 aromatic carbocycles. The van der Waals surface area contributed by atoms with Crippen LogP contribution in [0.2, 0.25) is 0 Å². The molecular formula is C12H12O4. The van der Waals surface area contributed by atoms with Gasteiger partial charge in [-0.15, -0.1) is 0 Å². The molecule has 2 aliphatic heterocycles. The molecular weight excluding hydrogens is 208 g/mol. The van der Waals surface area contributed by atoms with E-state index >= 15 is 0 Å². The Bertz CT molecular complexity index is 465. The molecule has 1 aromatic rings. The molecule has 0 aliphatic carbocycles. The van der Waals surface area contributed by atoms with E-state index in [1.54, 1.807) is 7.11 Å². The van der Waals surface area contributed by atoms with Crippen molar-refractivity contribution in [2.45, 2.75) is 19.3 Å². The van der Waals surface area contributed by atoms with Crippen molar-refractivity contribution in [2.24, 2.45) is 0 Å². The molecule has 0 atom stereocenters. The number of rotatable bonds is 1. The van der Waals surface area contributed by atoms with E-state index in [1.807, 2.05) is 6.07 Å². The maximum Gasteiger partial charge on any atom is 0.311 e. The molecule has 84 valence electrons. The van der Waals surface area contributed by atoms with E-state index in [0.29, 0.717) is 25.2 Å². The first-order chi connectivity index (χ1) is 7.79. The lowest BCUT2D eigenvalue weighted by Crippen LogP contribution is -2.17. The minimum absolute atomic E-state index is 0.171. The standard InChI is InChI=1S/C12H12O4/c1-14-9-6-10-8(4-5-15-10)12-7(9)2-3-11(13)16-12/h6H,2-5H2,1H3. The summed E-state index contributed by atoms with van der Waals surface area (Å²) in [4.78, 5) is 11.3. The van der Waals surface area contributed by atoms with E-state index in [4.69, 9.17) is 14.2 Å². The average Bonchev–Trinajstić information content (AvgIpc) is 2.75. The molecule has 0 N–H and O–H groups in total. The summed E-state index contributed by atoms with van der Waals surface area (Å²) in [5.74, 6) is 2.03. The van der Waals surface area contributed by atoms with E-state index in [9.17, 15) is 4.79 Å². The zero-order valence-corrected chi connectivity index (χ0v) is 9.04. The third kappa shape index (κ3) is 1.26. The quantitative estimate of drug-likeness (QED) is 0.531. The summed E-state index contributed by atoms with van der Waals surface area (Å²) >= 11 is 0. The van der Waals surface area contributed by atoms with Crippen molar-refractivity contribution in [3.05, 3.63) is 17.2 Å². The molecule has 2 heterocycles. The van der Waals surface area contributed by atoms with Crippen molar-refractivity contribution in [1.82, 2.24) is 0 Å². The second-order valence-electron chi connectivity index (χ2n) is 3.94. The van der Waals surface area contributed by atoms with Crippen molar-refractivity contribution in [3.63, 3.8) is 0 Å². The summed E-state index contributed by atoms with van der Waals surface area (Å²) in [6.45, 7) is 0.645. The van der Waals surface area contributed by atoms with Gasteiger partial charge in [0.15, 0.2) is 0 Å². The Morgan fingerprint density at radius 1 is 1.25 bits per heavy atom. The minimum Gasteiger partial charge on any atom is -0.496 e. The number of hydrogen-bond acceptors (Lipinski definition) is 4. The highest BCUT2D eigenvalue weighted by atomic mass is 16.5. The van der Waals surface area contributed by atoms with Crippen LogP contribution in [0.25, 0.3) is 0 Å². The van der Waals surface area contributed by atoms with E-state index in [0.717, 1.165) is 29.0 Å². The van der Waals surface area contributed by atoms with Gasteiger partial charge >= 0.3 is 5.97 Å². The van der Waals surface area contributed by atoms with Crippen LogP contribution in [0, 0.1) is 0 Å². The van der Waals surface area contributed by atoms with Crippen LogP contribution in [0.1, 0.15) is 17.5 Å². The number of fused-ring (bicyclic) bond motifs is 3. The van der Waals surface area contributed by atoms with Crippen molar-refractivity contribution >= 4 is 5.97 Å². The van der Waals surface area contributed by atoms with Crippen molar-refractivity contribution < 1.29 is 19.0 Å². The number of ether oxygens (including phenoxy) is 3. The molecule has 16 heavy (non-hydrogen) atoms. The van der Waals surface area contributed by atoms with Gasteiger partial charge in [0.05, 0.1) is 20.1 Å². The van der Waals surface area contributed by atoms with Crippen LogP contribution in [0.15, 0.2) is 6.07 Å². The third-order valence-electron chi connectivity index (χ3n) is 3.03. The van der Waals surface area contributed by atoms with Crippen LogP contribution in [0.5, 0.6) is 17.2 Å². The van der Waals surface area contributed by atoms with Gasteiger partial charge in [0.2, 0.25) is 0 Å². The van der Waals surface area contributed by atoms with Gasteiger partial charge in [-0.3, -0.25) is 4.79 Å². The minimum atomic E-state index is -0.171. The van der Waals surface area contributed by atoms with Crippen molar-refractivity contribution in [1.29, 1.82) is 0 Å². The highest BCUT2D eigenvalue weighted by Gasteiger charge is 2.29. The molecule has 0 spiro atoms. The number of hydrogen-bond donors (Lipinski definition) is 0. The van der Waals surface area contributed by atoms with E-state index in [1.165, 1.54) is 0 Å². The Morgan fingerprint density at radius 3 is 2.94 bits per heavy atom. The zero-order chi connectivity index (χ0) is 11.1. The Kier molecular flexibility index (Phi) is 2.02. The second kappa shape index (κ2) is 3.40. The maximum atomic E-state index is 11.3. The molecule has 4 heteroatoms. The highest BCUT2D eigenvalue weighted by Crippen LogP contribution is 2.44. The molecule has 0 saturated heterocycles. The largest absolute Gasteiger partial charge is 0.496 e. The van der Waals surface area contributed by atoms with Crippen LogP contribution in [-0.2, 0) is 17.6 Å². The topological polar surface area (TPSA) is 44.8 Å². The molecule has 4 nitrogen and oxygen atoms in total. The fraction of sp³-hybridized carbons (Fsp3) is 0.417. The van der Waals surface area contributed by atoms with Gasteiger partial charge in [0, 0.05) is 23.6 Å². The monoisotopic (exact) mass is 220 g/mol. The fourth-order valence-corrected chi connectivity index (χ4v) is 2.26. The predicted molar refractivity (Wildman–Crippen MR) is 56.1 cm³/mol.